The fourth-order valence-electron chi connectivity index (χ4n) is 1.76. The largest absolute Gasteiger partial charge is 0.388 e. The van der Waals surface area contributed by atoms with Gasteiger partial charge in [0.2, 0.25) is 0 Å². The summed E-state index contributed by atoms with van der Waals surface area (Å²) in [5.74, 6) is 2.19. The smallest absolute Gasteiger partial charge is 0.315 e. The van der Waals surface area contributed by atoms with Gasteiger partial charge in [0.1, 0.15) is 0 Å². The van der Waals surface area contributed by atoms with E-state index in [1.165, 1.54) is 0 Å². The third-order valence-electron chi connectivity index (χ3n) is 3.14. The Kier molecular flexibility index (Phi) is 6.12. The van der Waals surface area contributed by atoms with Crippen LogP contribution in [0.4, 0.5) is 4.79 Å². The third-order valence-corrected chi connectivity index (χ3v) is 4.07. The zero-order valence-electron chi connectivity index (χ0n) is 10.8. The summed E-state index contributed by atoms with van der Waals surface area (Å²) in [6.07, 6.45) is 3.65. The lowest BCUT2D eigenvalue weighted by molar-refractivity contribution is -0.0290. The van der Waals surface area contributed by atoms with Gasteiger partial charge in [-0.05, 0) is 44.1 Å². The molecular weight excluding hydrogens is 236 g/mol. The Hall–Kier alpha value is -0.420. The first kappa shape index (κ1) is 14.6. The monoisotopic (exact) mass is 260 g/mol. The number of rotatable bonds is 7. The number of carbonyl (C=O) groups excluding carboxylic acids is 1. The Morgan fingerprint density at radius 3 is 2.76 bits per heavy atom. The molecule has 1 saturated carbocycles. The Labute approximate surface area is 108 Å². The average molecular weight is 260 g/mol. The topological polar surface area (TPSA) is 61.4 Å². The van der Waals surface area contributed by atoms with Crippen molar-refractivity contribution in [2.75, 3.05) is 18.1 Å². The lowest BCUT2D eigenvalue weighted by Crippen LogP contribution is -2.51. The molecule has 0 aromatic heterocycles. The van der Waals surface area contributed by atoms with E-state index in [4.69, 9.17) is 0 Å². The maximum atomic E-state index is 11.5. The minimum absolute atomic E-state index is 0.167. The van der Waals surface area contributed by atoms with Crippen molar-refractivity contribution in [1.82, 2.24) is 10.6 Å². The molecule has 0 aliphatic heterocycles. The molecule has 0 aromatic rings. The second-order valence-corrected chi connectivity index (χ2v) is 6.19. The molecule has 5 heteroatoms. The van der Waals surface area contributed by atoms with Crippen molar-refractivity contribution in [2.45, 2.75) is 51.2 Å². The lowest BCUT2D eigenvalue weighted by atomic mass is 9.80. The standard InChI is InChI=1S/C12H24N2O2S/c1-3-17-8-5-10(2)14-11(15)13-9-12(16)6-4-7-12/h10,16H,3-9H2,1-2H3,(H2,13,14,15). The van der Waals surface area contributed by atoms with Crippen LogP contribution in [0.1, 0.15) is 39.5 Å². The summed E-state index contributed by atoms with van der Waals surface area (Å²) < 4.78 is 0. The van der Waals surface area contributed by atoms with Gasteiger partial charge in [0.05, 0.1) is 5.60 Å². The van der Waals surface area contributed by atoms with Crippen LogP contribution in [0.3, 0.4) is 0 Å². The van der Waals surface area contributed by atoms with E-state index in [1.54, 1.807) is 0 Å². The average Bonchev–Trinajstić information content (AvgIpc) is 2.24. The molecule has 1 unspecified atom stereocenters. The summed E-state index contributed by atoms with van der Waals surface area (Å²) in [5.41, 5.74) is -0.640. The number of amides is 2. The van der Waals surface area contributed by atoms with Gasteiger partial charge in [0, 0.05) is 12.6 Å². The van der Waals surface area contributed by atoms with Crippen LogP contribution in [-0.2, 0) is 0 Å². The summed E-state index contributed by atoms with van der Waals surface area (Å²) in [6, 6.07) is 0.0180. The third kappa shape index (κ3) is 5.64. The fraction of sp³-hybridized carbons (Fsp3) is 0.917. The van der Waals surface area contributed by atoms with Crippen LogP contribution in [0.2, 0.25) is 0 Å². The van der Waals surface area contributed by atoms with Crippen LogP contribution in [0.25, 0.3) is 0 Å². The van der Waals surface area contributed by atoms with Crippen LogP contribution >= 0.6 is 11.8 Å². The summed E-state index contributed by atoms with van der Waals surface area (Å²) in [5, 5.41) is 15.4. The summed E-state index contributed by atoms with van der Waals surface area (Å²) in [7, 11) is 0. The molecule has 3 N–H and O–H groups in total. The van der Waals surface area contributed by atoms with Crippen LogP contribution < -0.4 is 10.6 Å². The molecule has 0 aromatic carbocycles. The highest BCUT2D eigenvalue weighted by atomic mass is 32.2. The highest BCUT2D eigenvalue weighted by Gasteiger charge is 2.34. The van der Waals surface area contributed by atoms with Crippen LogP contribution in [0.5, 0.6) is 0 Å². The molecule has 0 radical (unpaired) electrons. The molecule has 0 bridgehead atoms. The predicted octanol–water partition coefficient (Wildman–Crippen LogP) is 1.73. The van der Waals surface area contributed by atoms with Crippen molar-refractivity contribution < 1.29 is 9.90 Å². The van der Waals surface area contributed by atoms with E-state index in [9.17, 15) is 9.90 Å². The van der Waals surface area contributed by atoms with Crippen molar-refractivity contribution in [3.63, 3.8) is 0 Å². The molecule has 1 fully saturated rings. The Morgan fingerprint density at radius 1 is 1.53 bits per heavy atom. The first-order chi connectivity index (χ1) is 8.06. The summed E-state index contributed by atoms with van der Waals surface area (Å²) >= 11 is 1.88. The van der Waals surface area contributed by atoms with Gasteiger partial charge < -0.3 is 15.7 Å². The van der Waals surface area contributed by atoms with Crippen molar-refractivity contribution in [3.8, 4) is 0 Å². The van der Waals surface area contributed by atoms with E-state index in [2.05, 4.69) is 17.6 Å². The Balaban J connectivity index is 2.07. The van der Waals surface area contributed by atoms with Gasteiger partial charge in [-0.3, -0.25) is 0 Å². The SMILES string of the molecule is CCSCCC(C)NC(=O)NCC1(O)CCC1. The predicted molar refractivity (Wildman–Crippen MR) is 72.4 cm³/mol. The van der Waals surface area contributed by atoms with E-state index in [1.807, 2.05) is 18.7 Å². The highest BCUT2D eigenvalue weighted by Crippen LogP contribution is 2.30. The Morgan fingerprint density at radius 2 is 2.24 bits per heavy atom. The minimum atomic E-state index is -0.640. The van der Waals surface area contributed by atoms with E-state index in [0.717, 1.165) is 37.2 Å². The van der Waals surface area contributed by atoms with Gasteiger partial charge >= 0.3 is 6.03 Å². The molecule has 1 aliphatic rings. The van der Waals surface area contributed by atoms with Crippen LogP contribution in [-0.4, -0.2) is 40.8 Å². The summed E-state index contributed by atoms with van der Waals surface area (Å²) in [4.78, 5) is 11.5. The zero-order chi connectivity index (χ0) is 12.7. The number of aliphatic hydroxyl groups is 1. The number of hydrogen-bond acceptors (Lipinski definition) is 3. The van der Waals surface area contributed by atoms with Gasteiger partial charge in [0.15, 0.2) is 0 Å². The lowest BCUT2D eigenvalue weighted by Gasteiger charge is -2.36. The van der Waals surface area contributed by atoms with E-state index in [-0.39, 0.29) is 12.1 Å². The molecule has 1 aliphatic carbocycles. The first-order valence-corrected chi connectivity index (χ1v) is 7.56. The molecule has 1 atom stereocenters. The van der Waals surface area contributed by atoms with Gasteiger partial charge in [0.25, 0.3) is 0 Å². The number of urea groups is 1. The Bertz CT molecular complexity index is 245. The van der Waals surface area contributed by atoms with Gasteiger partial charge in [-0.1, -0.05) is 6.92 Å². The van der Waals surface area contributed by atoms with Crippen molar-refractivity contribution >= 4 is 17.8 Å². The molecule has 0 saturated heterocycles. The number of nitrogens with one attached hydrogen (secondary N) is 2. The summed E-state index contributed by atoms with van der Waals surface area (Å²) in [6.45, 7) is 4.51. The maximum absolute atomic E-state index is 11.5. The van der Waals surface area contributed by atoms with Gasteiger partial charge in [-0.15, -0.1) is 0 Å². The van der Waals surface area contributed by atoms with E-state index >= 15 is 0 Å². The molecule has 0 spiro atoms. The highest BCUT2D eigenvalue weighted by molar-refractivity contribution is 7.99. The van der Waals surface area contributed by atoms with Crippen molar-refractivity contribution in [2.24, 2.45) is 0 Å². The minimum Gasteiger partial charge on any atom is -0.388 e. The zero-order valence-corrected chi connectivity index (χ0v) is 11.6. The quantitative estimate of drug-likeness (QED) is 0.611. The number of thioether (sulfide) groups is 1. The molecule has 17 heavy (non-hydrogen) atoms. The maximum Gasteiger partial charge on any atom is 0.315 e. The fourth-order valence-corrected chi connectivity index (χ4v) is 2.57. The molecule has 1 rings (SSSR count). The second kappa shape index (κ2) is 7.11. The molecule has 4 nitrogen and oxygen atoms in total. The van der Waals surface area contributed by atoms with Crippen LogP contribution in [0, 0.1) is 0 Å². The number of hydrogen-bond donors (Lipinski definition) is 3. The van der Waals surface area contributed by atoms with Gasteiger partial charge in [-0.25, -0.2) is 4.79 Å². The van der Waals surface area contributed by atoms with Crippen molar-refractivity contribution in [1.29, 1.82) is 0 Å². The number of carbonyl (C=O) groups is 1. The van der Waals surface area contributed by atoms with E-state index < -0.39 is 5.60 Å². The second-order valence-electron chi connectivity index (χ2n) is 4.79. The van der Waals surface area contributed by atoms with Gasteiger partial charge in [-0.2, -0.15) is 11.8 Å². The first-order valence-electron chi connectivity index (χ1n) is 6.40. The van der Waals surface area contributed by atoms with E-state index in [0.29, 0.717) is 6.54 Å². The molecule has 2 amide bonds. The molecule has 0 heterocycles. The molecular formula is C12H24N2O2S. The van der Waals surface area contributed by atoms with Crippen LogP contribution in [0.15, 0.2) is 0 Å². The normalized spacial score (nSPS) is 19.2. The van der Waals surface area contributed by atoms with Crippen molar-refractivity contribution in [3.05, 3.63) is 0 Å². The molecule has 100 valence electrons.